The number of aliphatic hydroxyl groups excluding tert-OH is 1. The number of phenolic OH excluding ortho intramolecular Hbond substituents is 1. The molecule has 1 amide bonds. The van der Waals surface area contributed by atoms with Crippen molar-refractivity contribution >= 4 is 5.91 Å². The average Bonchev–Trinajstić information content (AvgIpc) is 2.68. The average molecular weight is 370 g/mol. The van der Waals surface area contributed by atoms with E-state index in [2.05, 4.69) is 5.32 Å². The summed E-state index contributed by atoms with van der Waals surface area (Å²) < 4.78 is 5.48. The van der Waals surface area contributed by atoms with Crippen molar-refractivity contribution < 1.29 is 25.1 Å². The Kier molecular flexibility index (Phi) is 8.10. The van der Waals surface area contributed by atoms with Crippen molar-refractivity contribution in [3.63, 3.8) is 0 Å². The molecule has 0 saturated heterocycles. The lowest BCUT2D eigenvalue weighted by atomic mass is 10.1. The first-order valence-corrected chi connectivity index (χ1v) is 8.74. The predicted molar refractivity (Wildman–Crippen MR) is 99.1 cm³/mol. The number of quaternary nitrogens is 1. The van der Waals surface area contributed by atoms with Gasteiger partial charge in [0.25, 0.3) is 0 Å². The Balaban J connectivity index is 1.57. The van der Waals surface area contributed by atoms with Crippen LogP contribution in [0.2, 0.25) is 0 Å². The van der Waals surface area contributed by atoms with Gasteiger partial charge in [-0.25, -0.2) is 0 Å². The second-order valence-corrected chi connectivity index (χ2v) is 6.08. The quantitative estimate of drug-likeness (QED) is 0.437. The van der Waals surface area contributed by atoms with Gasteiger partial charge < -0.3 is 25.6 Å². The Morgan fingerprint density at radius 2 is 1.96 bits per heavy atom. The Morgan fingerprint density at radius 1 is 1.22 bits per heavy atom. The molecule has 0 bridgehead atoms. The highest BCUT2D eigenvalue weighted by atomic mass is 16.5. The molecule has 0 saturated carbocycles. The van der Waals surface area contributed by atoms with Crippen LogP contribution in [0.3, 0.4) is 0 Å². The van der Waals surface area contributed by atoms with Crippen LogP contribution >= 0.6 is 0 Å². The zero-order valence-electron chi connectivity index (χ0n) is 15.0. The van der Waals surface area contributed by atoms with Crippen molar-refractivity contribution in [3.8, 4) is 17.6 Å². The molecule has 0 aliphatic carbocycles. The van der Waals surface area contributed by atoms with Crippen LogP contribution in [0.15, 0.2) is 48.5 Å². The second kappa shape index (κ2) is 10.8. The predicted octanol–water partition coefficient (Wildman–Crippen LogP) is -0.0741. The number of amides is 1. The van der Waals surface area contributed by atoms with Crippen LogP contribution in [0, 0.1) is 11.3 Å². The molecule has 5 N–H and O–H groups in total. The van der Waals surface area contributed by atoms with Crippen LogP contribution in [0.5, 0.6) is 11.5 Å². The standard InChI is InChI=1S/C20H23N3O4/c21-12-16-3-1-2-4-19(16)27-14-18(25)13-22-9-10-23-20(26)11-15-5-7-17(24)8-6-15/h1-8,18,22,24-25H,9-11,13-14H2,(H,23,26)/p+1/t18-/m0/s1. The van der Waals surface area contributed by atoms with Gasteiger partial charge >= 0.3 is 0 Å². The van der Waals surface area contributed by atoms with E-state index in [-0.39, 0.29) is 24.7 Å². The van der Waals surface area contributed by atoms with Gasteiger partial charge in [-0.2, -0.15) is 5.26 Å². The molecule has 2 rings (SSSR count). The SMILES string of the molecule is N#Cc1ccccc1OC[C@@H](O)C[NH2+]CCNC(=O)Cc1ccc(O)cc1. The number of para-hydroxylation sites is 1. The monoisotopic (exact) mass is 370 g/mol. The number of rotatable bonds is 10. The van der Waals surface area contributed by atoms with E-state index in [4.69, 9.17) is 10.00 Å². The van der Waals surface area contributed by atoms with Crippen LogP contribution in [-0.2, 0) is 11.2 Å². The number of ether oxygens (including phenoxy) is 1. The van der Waals surface area contributed by atoms with Crippen molar-refractivity contribution in [2.24, 2.45) is 0 Å². The molecule has 0 unspecified atom stereocenters. The molecule has 0 fully saturated rings. The van der Waals surface area contributed by atoms with Crippen molar-refractivity contribution in [2.45, 2.75) is 12.5 Å². The fraction of sp³-hybridized carbons (Fsp3) is 0.300. The molecule has 0 heterocycles. The molecular weight excluding hydrogens is 346 g/mol. The topological polar surface area (TPSA) is 119 Å². The van der Waals surface area contributed by atoms with Crippen molar-refractivity contribution in [1.82, 2.24) is 5.32 Å². The molecule has 2 aromatic carbocycles. The summed E-state index contributed by atoms with van der Waals surface area (Å²) in [6.07, 6.45) is -0.417. The van der Waals surface area contributed by atoms with E-state index in [0.717, 1.165) is 5.56 Å². The molecule has 0 aromatic heterocycles. The number of carbonyl (C=O) groups is 1. The number of phenols is 1. The molecule has 142 valence electrons. The van der Waals surface area contributed by atoms with Gasteiger partial charge in [0.15, 0.2) is 0 Å². The van der Waals surface area contributed by atoms with Gasteiger partial charge in [-0.1, -0.05) is 24.3 Å². The van der Waals surface area contributed by atoms with Gasteiger partial charge in [0.05, 0.1) is 25.1 Å². The summed E-state index contributed by atoms with van der Waals surface area (Å²) in [5, 5.41) is 32.9. The maximum atomic E-state index is 11.8. The lowest BCUT2D eigenvalue weighted by molar-refractivity contribution is -0.659. The zero-order valence-corrected chi connectivity index (χ0v) is 15.0. The van der Waals surface area contributed by atoms with Crippen LogP contribution in [0.25, 0.3) is 0 Å². The number of benzene rings is 2. The summed E-state index contributed by atoms with van der Waals surface area (Å²) in [4.78, 5) is 11.8. The molecule has 2 aromatic rings. The summed E-state index contributed by atoms with van der Waals surface area (Å²) in [7, 11) is 0. The molecule has 1 atom stereocenters. The van der Waals surface area contributed by atoms with Gasteiger partial charge in [-0.15, -0.1) is 0 Å². The van der Waals surface area contributed by atoms with E-state index >= 15 is 0 Å². The highest BCUT2D eigenvalue weighted by Gasteiger charge is 2.10. The molecule has 0 aliphatic heterocycles. The normalized spacial score (nSPS) is 11.4. The summed E-state index contributed by atoms with van der Waals surface area (Å²) in [6.45, 7) is 1.65. The van der Waals surface area contributed by atoms with E-state index in [0.29, 0.717) is 30.9 Å². The summed E-state index contributed by atoms with van der Waals surface area (Å²) in [5.74, 6) is 0.541. The molecule has 7 heteroatoms. The van der Waals surface area contributed by atoms with Gasteiger partial charge in [-0.05, 0) is 29.8 Å². The molecule has 0 aliphatic rings. The zero-order chi connectivity index (χ0) is 19.5. The molecule has 0 radical (unpaired) electrons. The minimum atomic E-state index is -0.676. The number of nitriles is 1. The third-order valence-corrected chi connectivity index (χ3v) is 3.85. The largest absolute Gasteiger partial charge is 0.508 e. The van der Waals surface area contributed by atoms with Crippen molar-refractivity contribution in [3.05, 3.63) is 59.7 Å². The molecule has 27 heavy (non-hydrogen) atoms. The van der Waals surface area contributed by atoms with E-state index < -0.39 is 6.10 Å². The Hall–Kier alpha value is -3.08. The van der Waals surface area contributed by atoms with Gasteiger partial charge in [0.1, 0.15) is 36.8 Å². The number of hydrogen-bond acceptors (Lipinski definition) is 5. The minimum Gasteiger partial charge on any atom is -0.508 e. The smallest absolute Gasteiger partial charge is 0.224 e. The first kappa shape index (κ1) is 20.2. The van der Waals surface area contributed by atoms with Gasteiger partial charge in [-0.3, -0.25) is 4.79 Å². The Labute approximate surface area is 158 Å². The number of nitrogens with two attached hydrogens (primary N) is 1. The number of carbonyl (C=O) groups excluding carboxylic acids is 1. The maximum Gasteiger partial charge on any atom is 0.224 e. The van der Waals surface area contributed by atoms with E-state index in [1.165, 1.54) is 0 Å². The first-order valence-electron chi connectivity index (χ1n) is 8.74. The van der Waals surface area contributed by atoms with Crippen LogP contribution in [0.4, 0.5) is 0 Å². The van der Waals surface area contributed by atoms with Crippen LogP contribution in [-0.4, -0.2) is 48.5 Å². The van der Waals surface area contributed by atoms with Crippen molar-refractivity contribution in [2.75, 3.05) is 26.2 Å². The number of hydrogen-bond donors (Lipinski definition) is 4. The van der Waals surface area contributed by atoms with E-state index in [1.54, 1.807) is 48.5 Å². The van der Waals surface area contributed by atoms with E-state index in [1.807, 2.05) is 11.4 Å². The lowest BCUT2D eigenvalue weighted by Gasteiger charge is -2.12. The number of aliphatic hydroxyl groups is 1. The fourth-order valence-corrected chi connectivity index (χ4v) is 2.42. The highest BCUT2D eigenvalue weighted by molar-refractivity contribution is 5.78. The van der Waals surface area contributed by atoms with Gasteiger partial charge in [0.2, 0.25) is 5.91 Å². The summed E-state index contributed by atoms with van der Waals surface area (Å²) in [6, 6.07) is 15.4. The summed E-state index contributed by atoms with van der Waals surface area (Å²) in [5.41, 5.74) is 1.27. The highest BCUT2D eigenvalue weighted by Crippen LogP contribution is 2.16. The van der Waals surface area contributed by atoms with Crippen LogP contribution < -0.4 is 15.4 Å². The maximum absolute atomic E-state index is 11.8. The number of nitrogens with zero attached hydrogens (tertiary/aromatic N) is 1. The van der Waals surface area contributed by atoms with Crippen molar-refractivity contribution in [1.29, 1.82) is 5.26 Å². The third kappa shape index (κ3) is 7.36. The van der Waals surface area contributed by atoms with E-state index in [9.17, 15) is 15.0 Å². The minimum absolute atomic E-state index is 0.0916. The lowest BCUT2D eigenvalue weighted by Crippen LogP contribution is -2.88. The second-order valence-electron chi connectivity index (χ2n) is 6.08. The Morgan fingerprint density at radius 3 is 2.70 bits per heavy atom. The van der Waals surface area contributed by atoms with Crippen LogP contribution in [0.1, 0.15) is 11.1 Å². The molecular formula is C20H24N3O4+. The Bertz CT molecular complexity index is 772. The molecule has 0 spiro atoms. The summed E-state index contributed by atoms with van der Waals surface area (Å²) >= 11 is 0. The number of nitrogens with one attached hydrogen (secondary N) is 1. The fourth-order valence-electron chi connectivity index (χ4n) is 2.42. The molecule has 7 nitrogen and oxygen atoms in total. The third-order valence-electron chi connectivity index (χ3n) is 3.85. The first-order chi connectivity index (χ1) is 13.1. The number of aromatic hydroxyl groups is 1. The van der Waals surface area contributed by atoms with Gasteiger partial charge in [0, 0.05) is 0 Å².